The van der Waals surface area contributed by atoms with Gasteiger partial charge in [-0.1, -0.05) is 6.07 Å². The number of ether oxygens (including phenoxy) is 2. The van der Waals surface area contributed by atoms with E-state index in [1.54, 1.807) is 49.8 Å². The Morgan fingerprint density at radius 3 is 2.93 bits per heavy atom. The summed E-state index contributed by atoms with van der Waals surface area (Å²) < 4.78 is 10.9. The van der Waals surface area contributed by atoms with Crippen molar-refractivity contribution in [2.75, 3.05) is 26.8 Å². The molecule has 0 aliphatic carbocycles. The Bertz CT molecular complexity index is 897. The van der Waals surface area contributed by atoms with Gasteiger partial charge in [-0.25, -0.2) is 0 Å². The highest BCUT2D eigenvalue weighted by molar-refractivity contribution is 5.98. The van der Waals surface area contributed by atoms with Gasteiger partial charge >= 0.3 is 0 Å². The van der Waals surface area contributed by atoms with E-state index >= 15 is 0 Å². The average Bonchev–Trinajstić information content (AvgIpc) is 3.18. The van der Waals surface area contributed by atoms with Crippen molar-refractivity contribution in [3.8, 4) is 11.8 Å². The van der Waals surface area contributed by atoms with Crippen LogP contribution in [0, 0.1) is 11.3 Å². The van der Waals surface area contributed by atoms with Crippen molar-refractivity contribution in [3.63, 3.8) is 0 Å². The highest BCUT2D eigenvalue weighted by atomic mass is 16.5. The highest BCUT2D eigenvalue weighted by Gasteiger charge is 2.41. The van der Waals surface area contributed by atoms with Gasteiger partial charge in [-0.05, 0) is 30.3 Å². The number of carbonyl (C=O) groups is 2. The first-order chi connectivity index (χ1) is 14.1. The molecule has 2 heterocycles. The summed E-state index contributed by atoms with van der Waals surface area (Å²) in [4.78, 5) is 31.3. The topological polar surface area (TPSA) is 105 Å². The largest absolute Gasteiger partial charge is 0.487 e. The molecule has 1 saturated heterocycles. The predicted molar refractivity (Wildman–Crippen MR) is 104 cm³/mol. The summed E-state index contributed by atoms with van der Waals surface area (Å²) in [5, 5.41) is 11.9. The van der Waals surface area contributed by atoms with Crippen LogP contribution in [0.4, 0.5) is 0 Å². The Balaban J connectivity index is 1.78. The van der Waals surface area contributed by atoms with E-state index in [0.717, 1.165) is 0 Å². The Hall–Kier alpha value is -3.44. The smallest absolute Gasteiger partial charge is 0.254 e. The second-order valence-corrected chi connectivity index (χ2v) is 6.61. The molecule has 1 aliphatic rings. The van der Waals surface area contributed by atoms with Crippen molar-refractivity contribution in [2.45, 2.75) is 18.6 Å². The number of rotatable bonds is 7. The van der Waals surface area contributed by atoms with E-state index in [1.807, 2.05) is 6.07 Å². The number of likely N-dealkylation sites (tertiary alicyclic amines) is 1. The number of pyridine rings is 1. The van der Waals surface area contributed by atoms with E-state index in [4.69, 9.17) is 14.7 Å². The number of benzene rings is 1. The maximum atomic E-state index is 13.1. The van der Waals surface area contributed by atoms with E-state index < -0.39 is 6.04 Å². The first kappa shape index (κ1) is 20.3. The molecular weight excluding hydrogens is 372 g/mol. The standard InChI is InChI=1S/C21H22N4O4/c1-28-9-8-24-20(26)19-11-18(29-17-6-3-7-23-13-17)14-25(19)21(27)16-5-2-4-15(10-16)12-22/h2-7,10,13,18-19H,8-9,11,14H2,1H3,(H,24,26)/t18-,19-/m0/s1. The molecule has 29 heavy (non-hydrogen) atoms. The number of aromatic nitrogens is 1. The van der Waals surface area contributed by atoms with Crippen LogP contribution in [0.2, 0.25) is 0 Å². The number of methoxy groups -OCH3 is 1. The predicted octanol–water partition coefficient (Wildman–Crippen LogP) is 1.38. The number of nitrogens with zero attached hydrogens (tertiary/aromatic N) is 3. The van der Waals surface area contributed by atoms with Crippen LogP contribution in [0.15, 0.2) is 48.8 Å². The van der Waals surface area contributed by atoms with Crippen molar-refractivity contribution in [1.82, 2.24) is 15.2 Å². The summed E-state index contributed by atoms with van der Waals surface area (Å²) in [6.07, 6.45) is 3.25. The summed E-state index contributed by atoms with van der Waals surface area (Å²) in [6.45, 7) is 0.991. The molecule has 8 heteroatoms. The van der Waals surface area contributed by atoms with Crippen LogP contribution in [-0.2, 0) is 9.53 Å². The summed E-state index contributed by atoms with van der Waals surface area (Å²) in [5.41, 5.74) is 0.750. The molecule has 1 aromatic heterocycles. The third-order valence-electron chi connectivity index (χ3n) is 4.61. The molecular formula is C21H22N4O4. The highest BCUT2D eigenvalue weighted by Crippen LogP contribution is 2.25. The fourth-order valence-corrected chi connectivity index (χ4v) is 3.25. The van der Waals surface area contributed by atoms with Gasteiger partial charge in [0.1, 0.15) is 17.9 Å². The molecule has 3 rings (SSSR count). The second-order valence-electron chi connectivity index (χ2n) is 6.61. The average molecular weight is 394 g/mol. The maximum Gasteiger partial charge on any atom is 0.254 e. The Morgan fingerprint density at radius 2 is 2.21 bits per heavy atom. The maximum absolute atomic E-state index is 13.1. The third kappa shape index (κ3) is 5.09. The van der Waals surface area contributed by atoms with Crippen LogP contribution >= 0.6 is 0 Å². The van der Waals surface area contributed by atoms with Crippen molar-refractivity contribution in [2.24, 2.45) is 0 Å². The molecule has 1 aliphatic heterocycles. The second kappa shape index (κ2) is 9.66. The molecule has 2 atom stereocenters. The molecule has 1 N–H and O–H groups in total. The van der Waals surface area contributed by atoms with E-state index in [-0.39, 0.29) is 24.5 Å². The molecule has 2 aromatic rings. The monoisotopic (exact) mass is 394 g/mol. The lowest BCUT2D eigenvalue weighted by Gasteiger charge is -2.23. The number of hydrogen-bond donors (Lipinski definition) is 1. The number of carbonyl (C=O) groups excluding carboxylic acids is 2. The van der Waals surface area contributed by atoms with Crippen molar-refractivity contribution in [3.05, 3.63) is 59.9 Å². The van der Waals surface area contributed by atoms with Crippen molar-refractivity contribution < 1.29 is 19.1 Å². The molecule has 0 radical (unpaired) electrons. The number of amides is 2. The zero-order valence-corrected chi connectivity index (χ0v) is 16.1. The molecule has 1 fully saturated rings. The zero-order valence-electron chi connectivity index (χ0n) is 16.1. The van der Waals surface area contributed by atoms with Gasteiger partial charge in [0, 0.05) is 31.8 Å². The molecule has 1 aromatic carbocycles. The van der Waals surface area contributed by atoms with Crippen LogP contribution in [0.5, 0.6) is 5.75 Å². The lowest BCUT2D eigenvalue weighted by atomic mass is 10.1. The van der Waals surface area contributed by atoms with Gasteiger partial charge in [0.05, 0.1) is 31.0 Å². The van der Waals surface area contributed by atoms with Gasteiger partial charge < -0.3 is 19.7 Å². The Kier molecular flexibility index (Phi) is 6.76. The summed E-state index contributed by atoms with van der Waals surface area (Å²) in [7, 11) is 1.55. The Labute approximate surface area is 169 Å². The minimum atomic E-state index is -0.674. The summed E-state index contributed by atoms with van der Waals surface area (Å²) >= 11 is 0. The van der Waals surface area contributed by atoms with Crippen molar-refractivity contribution in [1.29, 1.82) is 5.26 Å². The molecule has 0 spiro atoms. The van der Waals surface area contributed by atoms with Crippen LogP contribution in [0.25, 0.3) is 0 Å². The van der Waals surface area contributed by atoms with Crippen LogP contribution < -0.4 is 10.1 Å². The van der Waals surface area contributed by atoms with E-state index in [0.29, 0.717) is 36.4 Å². The molecule has 8 nitrogen and oxygen atoms in total. The van der Waals surface area contributed by atoms with Gasteiger partial charge in [0.2, 0.25) is 5.91 Å². The fraction of sp³-hybridized carbons (Fsp3) is 0.333. The first-order valence-corrected chi connectivity index (χ1v) is 9.27. The number of hydrogen-bond acceptors (Lipinski definition) is 6. The van der Waals surface area contributed by atoms with Gasteiger partial charge in [0.25, 0.3) is 5.91 Å². The normalized spacial score (nSPS) is 18.1. The Morgan fingerprint density at radius 1 is 1.34 bits per heavy atom. The van der Waals surface area contributed by atoms with E-state index in [9.17, 15) is 9.59 Å². The van der Waals surface area contributed by atoms with E-state index in [1.165, 1.54) is 11.0 Å². The SMILES string of the molecule is COCCNC(=O)[C@@H]1C[C@H](Oc2cccnc2)CN1C(=O)c1cccc(C#N)c1. The van der Waals surface area contributed by atoms with Gasteiger partial charge in [-0.2, -0.15) is 5.26 Å². The first-order valence-electron chi connectivity index (χ1n) is 9.27. The minimum Gasteiger partial charge on any atom is -0.487 e. The minimum absolute atomic E-state index is 0.257. The van der Waals surface area contributed by atoms with Crippen LogP contribution in [0.1, 0.15) is 22.3 Å². The number of nitriles is 1. The number of nitrogens with one attached hydrogen (secondary N) is 1. The molecule has 150 valence electrons. The fourth-order valence-electron chi connectivity index (χ4n) is 3.25. The summed E-state index contributed by atoms with van der Waals surface area (Å²) in [6, 6.07) is 11.3. The lowest BCUT2D eigenvalue weighted by molar-refractivity contribution is -0.125. The van der Waals surface area contributed by atoms with Crippen LogP contribution in [-0.4, -0.2) is 60.7 Å². The summed E-state index contributed by atoms with van der Waals surface area (Å²) in [5.74, 6) is 0.00669. The molecule has 0 saturated carbocycles. The van der Waals surface area contributed by atoms with Gasteiger partial charge in [-0.3, -0.25) is 14.6 Å². The zero-order chi connectivity index (χ0) is 20.6. The van der Waals surface area contributed by atoms with Gasteiger partial charge in [-0.15, -0.1) is 0 Å². The van der Waals surface area contributed by atoms with Crippen LogP contribution in [0.3, 0.4) is 0 Å². The lowest BCUT2D eigenvalue weighted by Crippen LogP contribution is -2.46. The third-order valence-corrected chi connectivity index (χ3v) is 4.61. The molecule has 0 unspecified atom stereocenters. The van der Waals surface area contributed by atoms with Crippen molar-refractivity contribution >= 4 is 11.8 Å². The van der Waals surface area contributed by atoms with E-state index in [2.05, 4.69) is 10.3 Å². The quantitative estimate of drug-likeness (QED) is 0.712. The van der Waals surface area contributed by atoms with Gasteiger partial charge in [0.15, 0.2) is 0 Å². The molecule has 0 bridgehead atoms. The molecule has 2 amide bonds.